The average Bonchev–Trinajstić information content (AvgIpc) is 3.69. The molecule has 0 amide bonds. The molecule has 10 aromatic carbocycles. The van der Waals surface area contributed by atoms with Gasteiger partial charge < -0.3 is 4.57 Å². The van der Waals surface area contributed by atoms with Gasteiger partial charge in [0.2, 0.25) is 0 Å². The van der Waals surface area contributed by atoms with Crippen LogP contribution in [0.25, 0.3) is 116 Å². The van der Waals surface area contributed by atoms with E-state index in [-0.39, 0.29) is 0 Å². The minimum atomic E-state index is 0.698. The summed E-state index contributed by atoms with van der Waals surface area (Å²) in [5.41, 5.74) is 14.3. The fraction of sp³-hybridized carbons (Fsp3) is 0. The Bertz CT molecular complexity index is 3590. The highest BCUT2D eigenvalue weighted by atomic mass is 15.0. The van der Waals surface area contributed by atoms with Crippen molar-refractivity contribution < 1.29 is 0 Å². The summed E-state index contributed by atoms with van der Waals surface area (Å²) in [5.74, 6) is 0.698. The number of hydrogen-bond acceptors (Lipinski definition) is 2. The number of rotatable bonds is 6. The molecule has 2 heterocycles. The zero-order valence-corrected chi connectivity index (χ0v) is 33.2. The van der Waals surface area contributed by atoms with E-state index in [0.717, 1.165) is 50.0 Å². The first kappa shape index (κ1) is 34.9. The van der Waals surface area contributed by atoms with E-state index >= 15 is 0 Å². The molecule has 0 atom stereocenters. The summed E-state index contributed by atoms with van der Waals surface area (Å²) >= 11 is 0. The molecule has 3 nitrogen and oxygen atoms in total. The van der Waals surface area contributed by atoms with Gasteiger partial charge in [0.25, 0.3) is 0 Å². The second kappa shape index (κ2) is 14.3. The Kier molecular flexibility index (Phi) is 8.17. The number of nitrogens with zero attached hydrogens (tertiary/aromatic N) is 3. The van der Waals surface area contributed by atoms with Gasteiger partial charge in [0.05, 0.1) is 22.2 Å². The second-order valence-electron chi connectivity index (χ2n) is 15.7. The van der Waals surface area contributed by atoms with Crippen LogP contribution in [0.15, 0.2) is 224 Å². The summed E-state index contributed by atoms with van der Waals surface area (Å²) in [6.07, 6.45) is 0. The maximum atomic E-state index is 5.41. The van der Waals surface area contributed by atoms with Crippen LogP contribution in [0.5, 0.6) is 0 Å². The van der Waals surface area contributed by atoms with E-state index in [9.17, 15) is 0 Å². The molecule has 0 saturated carbocycles. The highest BCUT2D eigenvalue weighted by molar-refractivity contribution is 6.30. The lowest BCUT2D eigenvalue weighted by molar-refractivity contribution is 1.18. The first-order chi connectivity index (χ1) is 30.2. The van der Waals surface area contributed by atoms with Crippen LogP contribution in [0.1, 0.15) is 0 Å². The van der Waals surface area contributed by atoms with E-state index in [2.05, 4.69) is 223 Å². The van der Waals surface area contributed by atoms with Crippen molar-refractivity contribution in [1.29, 1.82) is 0 Å². The van der Waals surface area contributed by atoms with Crippen LogP contribution in [0.4, 0.5) is 0 Å². The van der Waals surface area contributed by atoms with Crippen molar-refractivity contribution in [3.63, 3.8) is 0 Å². The molecule has 0 aliphatic carbocycles. The summed E-state index contributed by atoms with van der Waals surface area (Å²) < 4.78 is 2.45. The molecule has 0 N–H and O–H groups in total. The zero-order chi connectivity index (χ0) is 40.3. The van der Waals surface area contributed by atoms with E-state index in [1.165, 1.54) is 60.1 Å². The SMILES string of the molecule is c1ccc(-c2ccc(-c3nc(-c4ccc(-c5ccccc5)cc4)c4cc(-n5c6ccc7ccccc7c6c6c7ccccc7c(-c7ccccc7)cc65)ccc4n3)cc2)cc1. The lowest BCUT2D eigenvalue weighted by Gasteiger charge is -2.15. The smallest absolute Gasteiger partial charge is 0.160 e. The summed E-state index contributed by atoms with van der Waals surface area (Å²) in [4.78, 5) is 10.7. The van der Waals surface area contributed by atoms with Crippen LogP contribution in [0.3, 0.4) is 0 Å². The van der Waals surface area contributed by atoms with Crippen LogP contribution >= 0.6 is 0 Å². The predicted molar refractivity (Wildman–Crippen MR) is 256 cm³/mol. The minimum absolute atomic E-state index is 0.698. The van der Waals surface area contributed by atoms with Gasteiger partial charge >= 0.3 is 0 Å². The van der Waals surface area contributed by atoms with E-state index in [1.807, 2.05) is 6.07 Å². The third-order valence-corrected chi connectivity index (χ3v) is 12.2. The fourth-order valence-electron chi connectivity index (χ4n) is 9.27. The van der Waals surface area contributed by atoms with Crippen LogP contribution in [0.2, 0.25) is 0 Å². The lowest BCUT2D eigenvalue weighted by Crippen LogP contribution is -1.99. The third kappa shape index (κ3) is 5.90. The van der Waals surface area contributed by atoms with Crippen molar-refractivity contribution >= 4 is 54.3 Å². The topological polar surface area (TPSA) is 30.7 Å². The molecular formula is C58H37N3. The molecule has 284 valence electrons. The molecular weight excluding hydrogens is 739 g/mol. The highest BCUT2D eigenvalue weighted by Gasteiger charge is 2.21. The molecule has 0 unspecified atom stereocenters. The van der Waals surface area contributed by atoms with Gasteiger partial charge in [-0.3, -0.25) is 0 Å². The van der Waals surface area contributed by atoms with E-state index in [4.69, 9.17) is 9.97 Å². The molecule has 3 heteroatoms. The van der Waals surface area contributed by atoms with Crippen LogP contribution in [-0.2, 0) is 0 Å². The summed E-state index contributed by atoms with van der Waals surface area (Å²) in [5, 5.41) is 8.46. The molecule has 0 spiro atoms. The average molecular weight is 776 g/mol. The number of aromatic nitrogens is 3. The summed E-state index contributed by atoms with van der Waals surface area (Å²) in [6, 6.07) is 80.4. The maximum absolute atomic E-state index is 5.41. The highest BCUT2D eigenvalue weighted by Crippen LogP contribution is 2.44. The summed E-state index contributed by atoms with van der Waals surface area (Å²) in [6.45, 7) is 0. The molecule has 0 aliphatic heterocycles. The molecule has 0 radical (unpaired) electrons. The van der Waals surface area contributed by atoms with Gasteiger partial charge in [0, 0.05) is 33.0 Å². The maximum Gasteiger partial charge on any atom is 0.160 e. The van der Waals surface area contributed by atoms with Crippen LogP contribution < -0.4 is 0 Å². The lowest BCUT2D eigenvalue weighted by atomic mass is 9.94. The Balaban J connectivity index is 1.11. The van der Waals surface area contributed by atoms with Crippen molar-refractivity contribution in [1.82, 2.24) is 14.5 Å². The van der Waals surface area contributed by atoms with Gasteiger partial charge in [-0.15, -0.1) is 0 Å². The molecule has 2 aromatic heterocycles. The van der Waals surface area contributed by atoms with Crippen LogP contribution in [0, 0.1) is 0 Å². The largest absolute Gasteiger partial charge is 0.309 e. The molecule has 0 bridgehead atoms. The van der Waals surface area contributed by atoms with Gasteiger partial charge in [-0.2, -0.15) is 0 Å². The third-order valence-electron chi connectivity index (χ3n) is 12.2. The van der Waals surface area contributed by atoms with Gasteiger partial charge in [-0.25, -0.2) is 9.97 Å². The van der Waals surface area contributed by atoms with Crippen molar-refractivity contribution in [2.75, 3.05) is 0 Å². The molecule has 0 saturated heterocycles. The predicted octanol–water partition coefficient (Wildman–Crippen LogP) is 15.4. The normalized spacial score (nSPS) is 11.6. The zero-order valence-electron chi connectivity index (χ0n) is 33.2. The van der Waals surface area contributed by atoms with Crippen molar-refractivity contribution in [2.24, 2.45) is 0 Å². The summed E-state index contributed by atoms with van der Waals surface area (Å²) in [7, 11) is 0. The van der Waals surface area contributed by atoms with Gasteiger partial charge in [0.15, 0.2) is 5.82 Å². The first-order valence-corrected chi connectivity index (χ1v) is 20.8. The second-order valence-corrected chi connectivity index (χ2v) is 15.7. The Morgan fingerprint density at radius 2 is 0.836 bits per heavy atom. The fourth-order valence-corrected chi connectivity index (χ4v) is 9.27. The first-order valence-electron chi connectivity index (χ1n) is 20.8. The van der Waals surface area contributed by atoms with E-state index in [0.29, 0.717) is 5.82 Å². The standard InChI is InChI=1S/C58H37N3/c1-4-14-38(15-5-1)40-24-28-44(29-25-40)57-51-36-46(33-34-52(51)59-58(60-57)45-30-26-41(27-31-45)39-16-6-2-7-17-39)61-53-35-32-43-20-10-11-21-47(43)55(53)56-49-23-13-12-22-48(49)50(37-54(56)61)42-18-8-3-9-19-42/h1-37H. The van der Waals surface area contributed by atoms with Crippen molar-refractivity contribution in [2.45, 2.75) is 0 Å². The Morgan fingerprint density at radius 3 is 1.51 bits per heavy atom. The Hall–Kier alpha value is -8.14. The van der Waals surface area contributed by atoms with Crippen LogP contribution in [-0.4, -0.2) is 14.5 Å². The Morgan fingerprint density at radius 1 is 0.311 bits per heavy atom. The molecule has 12 aromatic rings. The van der Waals surface area contributed by atoms with E-state index in [1.54, 1.807) is 0 Å². The van der Waals surface area contributed by atoms with E-state index < -0.39 is 0 Å². The quantitative estimate of drug-likeness (QED) is 0.168. The van der Waals surface area contributed by atoms with Crippen molar-refractivity contribution in [3.05, 3.63) is 224 Å². The molecule has 12 rings (SSSR count). The van der Waals surface area contributed by atoms with Gasteiger partial charge in [0.1, 0.15) is 0 Å². The number of benzene rings is 10. The molecule has 0 fully saturated rings. The molecule has 0 aliphatic rings. The number of hydrogen-bond donors (Lipinski definition) is 0. The monoisotopic (exact) mass is 775 g/mol. The van der Waals surface area contributed by atoms with Crippen molar-refractivity contribution in [3.8, 4) is 61.7 Å². The van der Waals surface area contributed by atoms with Gasteiger partial charge in [-0.05, 0) is 85.3 Å². The minimum Gasteiger partial charge on any atom is -0.309 e. The molecule has 61 heavy (non-hydrogen) atoms. The van der Waals surface area contributed by atoms with Gasteiger partial charge in [-0.1, -0.05) is 194 Å². The Labute approximate surface area is 353 Å². The number of fused-ring (bicyclic) bond motifs is 8.